The van der Waals surface area contributed by atoms with Gasteiger partial charge < -0.3 is 5.32 Å². The molecule has 6 aromatic rings. The van der Waals surface area contributed by atoms with E-state index in [1.54, 1.807) is 0 Å². The fourth-order valence-electron chi connectivity index (χ4n) is 4.85. The minimum Gasteiger partial charge on any atom is -0.356 e. The Balaban J connectivity index is 1.55. The number of benzene rings is 6. The maximum atomic E-state index is 3.51. The molecule has 1 heteroatoms. The summed E-state index contributed by atoms with van der Waals surface area (Å²) in [7, 11) is 0. The highest BCUT2D eigenvalue weighted by atomic mass is 14.9. The molecule has 0 amide bonds. The Hall–Kier alpha value is -4.88. The molecule has 6 rings (SSSR count). The van der Waals surface area contributed by atoms with Crippen molar-refractivity contribution in [2.45, 2.75) is 0 Å². The van der Waals surface area contributed by atoms with Gasteiger partial charge in [0.05, 0.1) is 0 Å². The Morgan fingerprint density at radius 1 is 0.297 bits per heavy atom. The van der Waals surface area contributed by atoms with Crippen LogP contribution in [0.2, 0.25) is 0 Å². The number of para-hydroxylation sites is 1. The molecule has 1 nitrogen and oxygen atoms in total. The summed E-state index contributed by atoms with van der Waals surface area (Å²) in [6.07, 6.45) is 0. The molecular formula is C36H27N. The van der Waals surface area contributed by atoms with Crippen molar-refractivity contribution in [3.05, 3.63) is 158 Å². The van der Waals surface area contributed by atoms with Gasteiger partial charge in [-0.1, -0.05) is 121 Å². The third-order valence-corrected chi connectivity index (χ3v) is 6.65. The highest BCUT2D eigenvalue weighted by Gasteiger charge is 2.17. The van der Waals surface area contributed by atoms with Crippen LogP contribution >= 0.6 is 0 Å². The number of nitrogens with one attached hydrogen (secondary N) is 1. The summed E-state index contributed by atoms with van der Waals surface area (Å²) in [4.78, 5) is 0. The van der Waals surface area contributed by atoms with Crippen LogP contribution in [0, 0.1) is 0 Å². The molecule has 0 radical (unpaired) electrons. The molecule has 37 heavy (non-hydrogen) atoms. The number of hydrogen-bond acceptors (Lipinski definition) is 1. The van der Waals surface area contributed by atoms with E-state index in [9.17, 15) is 0 Å². The van der Waals surface area contributed by atoms with Gasteiger partial charge in [0.2, 0.25) is 0 Å². The van der Waals surface area contributed by atoms with E-state index in [-0.39, 0.29) is 0 Å². The van der Waals surface area contributed by atoms with Gasteiger partial charge in [0, 0.05) is 11.4 Å². The fourth-order valence-corrected chi connectivity index (χ4v) is 4.85. The monoisotopic (exact) mass is 473 g/mol. The van der Waals surface area contributed by atoms with E-state index in [0.29, 0.717) is 0 Å². The second kappa shape index (κ2) is 10.4. The first-order valence-electron chi connectivity index (χ1n) is 12.6. The van der Waals surface area contributed by atoms with Gasteiger partial charge in [-0.15, -0.1) is 0 Å². The molecule has 0 saturated carbocycles. The molecule has 0 aliphatic heterocycles. The maximum absolute atomic E-state index is 3.51. The number of rotatable bonds is 6. The standard InChI is InChI=1S/C36H27N/c1-5-13-27(14-6-1)31-25-34(28-15-7-2-8-16-28)36(35(26-31)29-17-9-3-10-18-29)30-21-23-33(24-22-30)37-32-19-11-4-12-20-32/h1-26,37H. The van der Waals surface area contributed by atoms with Crippen molar-refractivity contribution < 1.29 is 0 Å². The van der Waals surface area contributed by atoms with Crippen molar-refractivity contribution in [3.63, 3.8) is 0 Å². The molecule has 0 fully saturated rings. The molecule has 176 valence electrons. The van der Waals surface area contributed by atoms with Crippen molar-refractivity contribution >= 4 is 11.4 Å². The van der Waals surface area contributed by atoms with E-state index < -0.39 is 0 Å². The van der Waals surface area contributed by atoms with Crippen LogP contribution in [0.15, 0.2) is 158 Å². The Kier molecular flexibility index (Phi) is 6.34. The van der Waals surface area contributed by atoms with Crippen molar-refractivity contribution in [2.75, 3.05) is 5.32 Å². The molecule has 6 aromatic carbocycles. The van der Waals surface area contributed by atoms with Crippen molar-refractivity contribution in [2.24, 2.45) is 0 Å². The van der Waals surface area contributed by atoms with Gasteiger partial charge in [0.1, 0.15) is 0 Å². The number of hydrogen-bond donors (Lipinski definition) is 1. The van der Waals surface area contributed by atoms with E-state index in [1.165, 1.54) is 44.5 Å². The first-order chi connectivity index (χ1) is 18.3. The minimum atomic E-state index is 1.07. The molecule has 1 N–H and O–H groups in total. The summed E-state index contributed by atoms with van der Waals surface area (Å²) in [6.45, 7) is 0. The predicted octanol–water partition coefficient (Wildman–Crippen LogP) is 10.1. The van der Waals surface area contributed by atoms with Crippen molar-refractivity contribution in [1.82, 2.24) is 0 Å². The van der Waals surface area contributed by atoms with Crippen LogP contribution in [0.5, 0.6) is 0 Å². The number of anilines is 2. The third kappa shape index (κ3) is 4.94. The van der Waals surface area contributed by atoms with Crippen LogP contribution < -0.4 is 5.32 Å². The highest BCUT2D eigenvalue weighted by Crippen LogP contribution is 2.43. The first-order valence-corrected chi connectivity index (χ1v) is 12.6. The maximum Gasteiger partial charge on any atom is 0.0384 e. The molecule has 0 heterocycles. The van der Waals surface area contributed by atoms with E-state index in [2.05, 4.69) is 145 Å². The summed E-state index contributed by atoms with van der Waals surface area (Å²) in [5.41, 5.74) is 11.9. The summed E-state index contributed by atoms with van der Waals surface area (Å²) in [6, 6.07) is 55.8. The molecule has 0 aliphatic rings. The molecular weight excluding hydrogens is 446 g/mol. The third-order valence-electron chi connectivity index (χ3n) is 6.65. The summed E-state index contributed by atoms with van der Waals surface area (Å²) >= 11 is 0. The quantitative estimate of drug-likeness (QED) is 0.254. The van der Waals surface area contributed by atoms with Crippen LogP contribution in [0.4, 0.5) is 11.4 Å². The Morgan fingerprint density at radius 2 is 0.703 bits per heavy atom. The predicted molar refractivity (Wildman–Crippen MR) is 158 cm³/mol. The van der Waals surface area contributed by atoms with Crippen LogP contribution in [0.1, 0.15) is 0 Å². The topological polar surface area (TPSA) is 12.0 Å². The van der Waals surface area contributed by atoms with Gasteiger partial charge in [-0.3, -0.25) is 0 Å². The molecule has 0 aliphatic carbocycles. The van der Waals surface area contributed by atoms with Gasteiger partial charge >= 0.3 is 0 Å². The lowest BCUT2D eigenvalue weighted by Crippen LogP contribution is -1.94. The van der Waals surface area contributed by atoms with Gasteiger partial charge in [-0.2, -0.15) is 0 Å². The Labute approximate surface area is 218 Å². The van der Waals surface area contributed by atoms with E-state index >= 15 is 0 Å². The zero-order valence-corrected chi connectivity index (χ0v) is 20.5. The normalized spacial score (nSPS) is 10.7. The van der Waals surface area contributed by atoms with E-state index in [0.717, 1.165) is 11.4 Å². The summed E-state index contributed by atoms with van der Waals surface area (Å²) in [5.74, 6) is 0. The Bertz CT molecular complexity index is 1530. The minimum absolute atomic E-state index is 1.07. The molecule has 0 spiro atoms. The molecule has 0 unspecified atom stereocenters. The average Bonchev–Trinajstić information content (AvgIpc) is 2.99. The smallest absolute Gasteiger partial charge is 0.0384 e. The van der Waals surface area contributed by atoms with E-state index in [4.69, 9.17) is 0 Å². The largest absolute Gasteiger partial charge is 0.356 e. The molecule has 0 bridgehead atoms. The lowest BCUT2D eigenvalue weighted by atomic mass is 9.84. The fraction of sp³-hybridized carbons (Fsp3) is 0. The second-order valence-corrected chi connectivity index (χ2v) is 9.11. The second-order valence-electron chi connectivity index (χ2n) is 9.11. The molecule has 0 aromatic heterocycles. The lowest BCUT2D eigenvalue weighted by Gasteiger charge is -2.19. The zero-order chi connectivity index (χ0) is 24.9. The SMILES string of the molecule is c1ccc(Nc2ccc(-c3c(-c4ccccc4)cc(-c4ccccc4)cc3-c3ccccc3)cc2)cc1. The zero-order valence-electron chi connectivity index (χ0n) is 20.5. The highest BCUT2D eigenvalue weighted by molar-refractivity contribution is 5.97. The lowest BCUT2D eigenvalue weighted by molar-refractivity contribution is 1.52. The van der Waals surface area contributed by atoms with Crippen LogP contribution in [-0.2, 0) is 0 Å². The summed E-state index contributed by atoms with van der Waals surface area (Å²) in [5, 5.41) is 3.51. The molecule has 0 atom stereocenters. The Morgan fingerprint density at radius 3 is 1.19 bits per heavy atom. The van der Waals surface area contributed by atoms with Gasteiger partial charge in [-0.25, -0.2) is 0 Å². The average molecular weight is 474 g/mol. The van der Waals surface area contributed by atoms with E-state index in [1.807, 2.05) is 18.2 Å². The van der Waals surface area contributed by atoms with Crippen LogP contribution in [-0.4, -0.2) is 0 Å². The van der Waals surface area contributed by atoms with Gasteiger partial charge in [0.25, 0.3) is 0 Å². The van der Waals surface area contributed by atoms with Crippen molar-refractivity contribution in [3.8, 4) is 44.5 Å². The molecule has 0 saturated heterocycles. The van der Waals surface area contributed by atoms with Crippen LogP contribution in [0.3, 0.4) is 0 Å². The van der Waals surface area contributed by atoms with Crippen molar-refractivity contribution in [1.29, 1.82) is 0 Å². The van der Waals surface area contributed by atoms with Gasteiger partial charge in [-0.05, 0) is 80.9 Å². The van der Waals surface area contributed by atoms with Gasteiger partial charge in [0.15, 0.2) is 0 Å². The first kappa shape index (κ1) is 22.6. The van der Waals surface area contributed by atoms with Crippen LogP contribution in [0.25, 0.3) is 44.5 Å². The summed E-state index contributed by atoms with van der Waals surface area (Å²) < 4.78 is 0.